The van der Waals surface area contributed by atoms with Gasteiger partial charge in [0.15, 0.2) is 0 Å². The molecule has 0 saturated heterocycles. The molecule has 18 heavy (non-hydrogen) atoms. The predicted molar refractivity (Wildman–Crippen MR) is 67.0 cm³/mol. The monoisotopic (exact) mass is 247 g/mol. The number of ether oxygens (including phenoxy) is 2. The van der Waals surface area contributed by atoms with Crippen LogP contribution in [0.1, 0.15) is 30.0 Å². The highest BCUT2D eigenvalue weighted by Crippen LogP contribution is 2.40. The fourth-order valence-corrected chi connectivity index (χ4v) is 2.58. The molecule has 0 unspecified atom stereocenters. The molecule has 1 amide bonds. The first-order valence-corrected chi connectivity index (χ1v) is 6.49. The molecule has 0 saturated carbocycles. The average Bonchev–Trinajstić information content (AvgIpc) is 3.01. The Morgan fingerprint density at radius 3 is 3.00 bits per heavy atom. The first kappa shape index (κ1) is 11.4. The van der Waals surface area contributed by atoms with Crippen LogP contribution in [0, 0.1) is 0 Å². The third kappa shape index (κ3) is 1.82. The molecule has 2 heterocycles. The molecule has 0 radical (unpaired) electrons. The van der Waals surface area contributed by atoms with Gasteiger partial charge in [0.1, 0.15) is 11.5 Å². The highest BCUT2D eigenvalue weighted by Gasteiger charge is 2.26. The Morgan fingerprint density at radius 2 is 2.17 bits per heavy atom. The number of nitrogens with one attached hydrogen (secondary N) is 1. The molecule has 0 bridgehead atoms. The lowest BCUT2D eigenvalue weighted by atomic mass is 9.99. The lowest BCUT2D eigenvalue weighted by molar-refractivity contribution is -0.120. The number of hydrogen-bond acceptors (Lipinski definition) is 3. The molecular weight excluding hydrogens is 230 g/mol. The Balaban J connectivity index is 1.94. The third-order valence-electron chi connectivity index (χ3n) is 3.54. The van der Waals surface area contributed by atoms with E-state index >= 15 is 0 Å². The molecule has 0 aromatic heterocycles. The fraction of sp³-hybridized carbons (Fsp3) is 0.500. The second-order valence-electron chi connectivity index (χ2n) is 4.65. The zero-order chi connectivity index (χ0) is 12.5. The summed E-state index contributed by atoms with van der Waals surface area (Å²) in [5.74, 6) is 2.01. The van der Waals surface area contributed by atoms with E-state index in [2.05, 4.69) is 11.4 Å². The number of amides is 1. The normalized spacial score (nSPS) is 15.6. The molecule has 1 aromatic carbocycles. The minimum atomic E-state index is 0.0678. The number of benzene rings is 1. The summed E-state index contributed by atoms with van der Waals surface area (Å²) in [5.41, 5.74) is 3.52. The van der Waals surface area contributed by atoms with Crippen molar-refractivity contribution in [2.24, 2.45) is 0 Å². The van der Waals surface area contributed by atoms with E-state index in [-0.39, 0.29) is 5.91 Å². The second-order valence-corrected chi connectivity index (χ2v) is 4.65. The largest absolute Gasteiger partial charge is 0.493 e. The van der Waals surface area contributed by atoms with Crippen molar-refractivity contribution in [3.8, 4) is 11.5 Å². The maximum absolute atomic E-state index is 11.4. The van der Waals surface area contributed by atoms with E-state index < -0.39 is 0 Å². The van der Waals surface area contributed by atoms with Gasteiger partial charge >= 0.3 is 0 Å². The quantitative estimate of drug-likeness (QED) is 0.882. The molecule has 0 atom stereocenters. The van der Waals surface area contributed by atoms with Crippen LogP contribution < -0.4 is 14.8 Å². The van der Waals surface area contributed by atoms with Crippen molar-refractivity contribution in [1.29, 1.82) is 0 Å². The van der Waals surface area contributed by atoms with E-state index in [1.807, 2.05) is 6.92 Å². The van der Waals surface area contributed by atoms with E-state index in [0.717, 1.165) is 43.1 Å². The van der Waals surface area contributed by atoms with Crippen LogP contribution >= 0.6 is 0 Å². The van der Waals surface area contributed by atoms with Gasteiger partial charge in [-0.25, -0.2) is 0 Å². The van der Waals surface area contributed by atoms with Crippen molar-refractivity contribution in [3.63, 3.8) is 0 Å². The van der Waals surface area contributed by atoms with Crippen LogP contribution in [0.15, 0.2) is 6.07 Å². The summed E-state index contributed by atoms with van der Waals surface area (Å²) in [5, 5.41) is 2.93. The van der Waals surface area contributed by atoms with Gasteiger partial charge in [0.05, 0.1) is 13.2 Å². The molecule has 1 N–H and O–H groups in total. The van der Waals surface area contributed by atoms with Gasteiger partial charge in [-0.3, -0.25) is 4.79 Å². The molecular formula is C14H17NO3. The zero-order valence-electron chi connectivity index (χ0n) is 10.5. The van der Waals surface area contributed by atoms with E-state index in [1.165, 1.54) is 11.1 Å². The highest BCUT2D eigenvalue weighted by molar-refractivity contribution is 5.75. The fourth-order valence-electron chi connectivity index (χ4n) is 2.58. The summed E-state index contributed by atoms with van der Waals surface area (Å²) in [6, 6.07) is 2.09. The van der Waals surface area contributed by atoms with Crippen LogP contribution in [0.3, 0.4) is 0 Å². The van der Waals surface area contributed by atoms with Crippen LogP contribution in [0.5, 0.6) is 11.5 Å². The summed E-state index contributed by atoms with van der Waals surface area (Å²) in [4.78, 5) is 11.4. The molecule has 4 nitrogen and oxygen atoms in total. The van der Waals surface area contributed by atoms with Crippen molar-refractivity contribution >= 4 is 5.91 Å². The Bertz CT molecular complexity index is 464. The molecule has 2 aliphatic rings. The van der Waals surface area contributed by atoms with Crippen LogP contribution in [-0.4, -0.2) is 19.1 Å². The SMILES string of the molecule is CCC(=O)NCc1c2c(cc3c1OCC3)OCC2. The molecule has 3 rings (SSSR count). The minimum Gasteiger partial charge on any atom is -0.493 e. The lowest BCUT2D eigenvalue weighted by Gasteiger charge is -2.13. The van der Waals surface area contributed by atoms with Crippen molar-refractivity contribution in [3.05, 3.63) is 22.8 Å². The van der Waals surface area contributed by atoms with Gasteiger partial charge in [0.25, 0.3) is 0 Å². The van der Waals surface area contributed by atoms with Crippen LogP contribution in [0.25, 0.3) is 0 Å². The summed E-state index contributed by atoms with van der Waals surface area (Å²) in [6.07, 6.45) is 2.35. The van der Waals surface area contributed by atoms with Crippen molar-refractivity contribution in [2.45, 2.75) is 32.7 Å². The number of carbonyl (C=O) groups excluding carboxylic acids is 1. The molecule has 0 spiro atoms. The second kappa shape index (κ2) is 4.52. The van der Waals surface area contributed by atoms with Crippen molar-refractivity contribution < 1.29 is 14.3 Å². The maximum atomic E-state index is 11.4. The Labute approximate surface area is 106 Å². The summed E-state index contributed by atoms with van der Waals surface area (Å²) in [7, 11) is 0. The topological polar surface area (TPSA) is 47.6 Å². The van der Waals surface area contributed by atoms with E-state index in [0.29, 0.717) is 13.0 Å². The van der Waals surface area contributed by atoms with Gasteiger partial charge in [-0.15, -0.1) is 0 Å². The number of hydrogen-bond donors (Lipinski definition) is 1. The first-order valence-electron chi connectivity index (χ1n) is 6.49. The molecule has 0 fully saturated rings. The molecule has 96 valence electrons. The highest BCUT2D eigenvalue weighted by atomic mass is 16.5. The van der Waals surface area contributed by atoms with Crippen LogP contribution in [-0.2, 0) is 24.2 Å². The predicted octanol–water partition coefficient (Wildman–Crippen LogP) is 1.58. The summed E-state index contributed by atoms with van der Waals surface area (Å²) < 4.78 is 11.3. The van der Waals surface area contributed by atoms with Crippen molar-refractivity contribution in [1.82, 2.24) is 5.32 Å². The van der Waals surface area contributed by atoms with E-state index in [9.17, 15) is 4.79 Å². The summed E-state index contributed by atoms with van der Waals surface area (Å²) >= 11 is 0. The molecule has 4 heteroatoms. The number of fused-ring (bicyclic) bond motifs is 2. The van der Waals surface area contributed by atoms with Gasteiger partial charge in [-0.1, -0.05) is 6.92 Å². The van der Waals surface area contributed by atoms with Gasteiger partial charge in [-0.2, -0.15) is 0 Å². The Kier molecular flexibility index (Phi) is 2.86. The van der Waals surface area contributed by atoms with Gasteiger partial charge in [-0.05, 0) is 6.07 Å². The molecule has 1 aromatic rings. The van der Waals surface area contributed by atoms with Gasteiger partial charge in [0.2, 0.25) is 5.91 Å². The maximum Gasteiger partial charge on any atom is 0.219 e. The zero-order valence-corrected chi connectivity index (χ0v) is 10.5. The third-order valence-corrected chi connectivity index (χ3v) is 3.54. The lowest BCUT2D eigenvalue weighted by Crippen LogP contribution is -2.22. The van der Waals surface area contributed by atoms with Crippen LogP contribution in [0.2, 0.25) is 0 Å². The Hall–Kier alpha value is -1.71. The smallest absolute Gasteiger partial charge is 0.219 e. The van der Waals surface area contributed by atoms with Crippen LogP contribution in [0.4, 0.5) is 0 Å². The minimum absolute atomic E-state index is 0.0678. The average molecular weight is 247 g/mol. The van der Waals surface area contributed by atoms with Gasteiger partial charge in [0, 0.05) is 42.5 Å². The van der Waals surface area contributed by atoms with Crippen molar-refractivity contribution in [2.75, 3.05) is 13.2 Å². The molecule has 2 aliphatic heterocycles. The van der Waals surface area contributed by atoms with Gasteiger partial charge < -0.3 is 14.8 Å². The van der Waals surface area contributed by atoms with E-state index in [4.69, 9.17) is 9.47 Å². The summed E-state index contributed by atoms with van der Waals surface area (Å²) in [6.45, 7) is 3.86. The number of rotatable bonds is 3. The standard InChI is InChI=1S/C14H17NO3/c1-2-13(16)15-8-11-10-4-6-17-12(10)7-9-3-5-18-14(9)11/h7H,2-6,8H2,1H3,(H,15,16). The van der Waals surface area contributed by atoms with E-state index in [1.54, 1.807) is 0 Å². The Morgan fingerprint density at radius 1 is 1.33 bits per heavy atom. The first-order chi connectivity index (χ1) is 8.79. The number of carbonyl (C=O) groups is 1. The molecule has 0 aliphatic carbocycles.